The number of carbonyl (C=O) groups is 2. The van der Waals surface area contributed by atoms with E-state index in [2.05, 4.69) is 15.6 Å². The van der Waals surface area contributed by atoms with Crippen LogP contribution in [-0.2, 0) is 22.7 Å². The molecule has 0 spiro atoms. The van der Waals surface area contributed by atoms with Gasteiger partial charge in [0.1, 0.15) is 6.54 Å². The molecule has 110 valence electrons. The van der Waals surface area contributed by atoms with E-state index < -0.39 is 11.9 Å². The maximum Gasteiger partial charge on any atom is 0.325 e. The summed E-state index contributed by atoms with van der Waals surface area (Å²) < 4.78 is 6.14. The summed E-state index contributed by atoms with van der Waals surface area (Å²) in [4.78, 5) is 22.6. The van der Waals surface area contributed by atoms with Gasteiger partial charge in [-0.1, -0.05) is 23.4 Å². The smallest absolute Gasteiger partial charge is 0.325 e. The fraction of sp³-hybridized carbons (Fsp3) is 0.231. The van der Waals surface area contributed by atoms with E-state index in [-0.39, 0.29) is 12.2 Å². The number of carboxylic acid groups (broad SMARTS) is 1. The quantitative estimate of drug-likeness (QED) is 0.813. The van der Waals surface area contributed by atoms with E-state index in [1.807, 2.05) is 12.1 Å². The molecule has 0 radical (unpaired) electrons. The minimum Gasteiger partial charge on any atom is -0.480 e. The molecule has 2 aromatic rings. The monoisotopic (exact) mass is 290 g/mol. The predicted molar refractivity (Wildman–Crippen MR) is 72.8 cm³/mol. The van der Waals surface area contributed by atoms with E-state index in [1.54, 1.807) is 19.2 Å². The van der Waals surface area contributed by atoms with Crippen LogP contribution in [0.2, 0.25) is 0 Å². The van der Waals surface area contributed by atoms with E-state index in [1.165, 1.54) is 6.20 Å². The van der Waals surface area contributed by atoms with Crippen LogP contribution in [0.1, 0.15) is 16.1 Å². The SMILES string of the molecule is COCc1ccccc1NC(=O)c1cn(CC(=O)O)nn1. The first-order chi connectivity index (χ1) is 10.1. The zero-order chi connectivity index (χ0) is 15.2. The number of aromatic nitrogens is 3. The molecule has 0 bridgehead atoms. The Morgan fingerprint density at radius 3 is 2.86 bits per heavy atom. The lowest BCUT2D eigenvalue weighted by Gasteiger charge is -2.08. The Balaban J connectivity index is 2.11. The van der Waals surface area contributed by atoms with Gasteiger partial charge in [0.25, 0.3) is 5.91 Å². The Kier molecular flexibility index (Phi) is 4.62. The molecular formula is C13H14N4O4. The number of carbonyl (C=O) groups excluding carboxylic acids is 1. The van der Waals surface area contributed by atoms with E-state index in [9.17, 15) is 9.59 Å². The summed E-state index contributed by atoms with van der Waals surface area (Å²) in [5.41, 5.74) is 1.48. The van der Waals surface area contributed by atoms with Crippen molar-refractivity contribution in [2.75, 3.05) is 12.4 Å². The fourth-order valence-corrected chi connectivity index (χ4v) is 1.73. The summed E-state index contributed by atoms with van der Waals surface area (Å²) in [7, 11) is 1.57. The van der Waals surface area contributed by atoms with Gasteiger partial charge in [0.2, 0.25) is 0 Å². The summed E-state index contributed by atoms with van der Waals surface area (Å²) in [6.45, 7) is 0.0166. The van der Waals surface area contributed by atoms with Gasteiger partial charge in [0.05, 0.1) is 12.8 Å². The molecule has 0 saturated carbocycles. The Bertz CT molecular complexity index is 653. The van der Waals surface area contributed by atoms with E-state index in [4.69, 9.17) is 9.84 Å². The number of hydrogen-bond acceptors (Lipinski definition) is 5. The maximum atomic E-state index is 12.1. The molecule has 1 heterocycles. The zero-order valence-corrected chi connectivity index (χ0v) is 11.3. The highest BCUT2D eigenvalue weighted by atomic mass is 16.5. The van der Waals surface area contributed by atoms with Crippen molar-refractivity contribution in [3.05, 3.63) is 41.7 Å². The van der Waals surface area contributed by atoms with Crippen LogP contribution in [0.25, 0.3) is 0 Å². The molecule has 0 aliphatic heterocycles. The number of aliphatic carboxylic acids is 1. The number of methoxy groups -OCH3 is 1. The fourth-order valence-electron chi connectivity index (χ4n) is 1.73. The van der Waals surface area contributed by atoms with Gasteiger partial charge in [-0.25, -0.2) is 4.68 Å². The maximum absolute atomic E-state index is 12.1. The largest absolute Gasteiger partial charge is 0.480 e. The van der Waals surface area contributed by atoms with Crippen molar-refractivity contribution in [3.8, 4) is 0 Å². The average Bonchev–Trinajstić information content (AvgIpc) is 2.89. The zero-order valence-electron chi connectivity index (χ0n) is 11.3. The number of para-hydroxylation sites is 1. The van der Waals surface area contributed by atoms with Crippen LogP contribution in [0.15, 0.2) is 30.5 Å². The number of amides is 1. The second kappa shape index (κ2) is 6.62. The van der Waals surface area contributed by atoms with Crippen molar-refractivity contribution in [2.45, 2.75) is 13.2 Å². The van der Waals surface area contributed by atoms with E-state index in [0.29, 0.717) is 12.3 Å². The molecule has 2 N–H and O–H groups in total. The van der Waals surface area contributed by atoms with Crippen LogP contribution in [0.3, 0.4) is 0 Å². The molecular weight excluding hydrogens is 276 g/mol. The van der Waals surface area contributed by atoms with Gasteiger partial charge >= 0.3 is 5.97 Å². The second-order valence-corrected chi connectivity index (χ2v) is 4.24. The molecule has 21 heavy (non-hydrogen) atoms. The van der Waals surface area contributed by atoms with Gasteiger partial charge in [-0.3, -0.25) is 9.59 Å². The number of benzene rings is 1. The number of carboxylic acids is 1. The molecule has 8 nitrogen and oxygen atoms in total. The summed E-state index contributed by atoms with van der Waals surface area (Å²) >= 11 is 0. The van der Waals surface area contributed by atoms with Crippen LogP contribution in [-0.4, -0.2) is 39.1 Å². The first kappa shape index (κ1) is 14.7. The van der Waals surface area contributed by atoms with E-state index in [0.717, 1.165) is 10.2 Å². The highest BCUT2D eigenvalue weighted by Crippen LogP contribution is 2.16. The lowest BCUT2D eigenvalue weighted by atomic mass is 10.2. The number of ether oxygens (including phenoxy) is 1. The molecule has 0 saturated heterocycles. The number of nitrogens with one attached hydrogen (secondary N) is 1. The Hall–Kier alpha value is -2.74. The third-order valence-electron chi connectivity index (χ3n) is 2.63. The standard InChI is InChI=1S/C13H14N4O4/c1-21-8-9-4-2-3-5-10(9)14-13(20)11-6-17(16-15-11)7-12(18)19/h2-6H,7-8H2,1H3,(H,14,20)(H,18,19). The Morgan fingerprint density at radius 1 is 1.38 bits per heavy atom. The highest BCUT2D eigenvalue weighted by molar-refractivity contribution is 6.03. The number of hydrogen-bond donors (Lipinski definition) is 2. The van der Waals surface area contributed by atoms with Gasteiger partial charge in [0, 0.05) is 18.4 Å². The molecule has 2 rings (SSSR count). The van der Waals surface area contributed by atoms with Crippen molar-refractivity contribution >= 4 is 17.6 Å². The first-order valence-corrected chi connectivity index (χ1v) is 6.10. The number of anilines is 1. The van der Waals surface area contributed by atoms with Gasteiger partial charge in [-0.2, -0.15) is 0 Å². The minimum atomic E-state index is -1.06. The van der Waals surface area contributed by atoms with Crippen LogP contribution >= 0.6 is 0 Å². The van der Waals surface area contributed by atoms with Crippen molar-refractivity contribution in [1.82, 2.24) is 15.0 Å². The van der Waals surface area contributed by atoms with E-state index >= 15 is 0 Å². The lowest BCUT2D eigenvalue weighted by molar-refractivity contribution is -0.137. The summed E-state index contributed by atoms with van der Waals surface area (Å²) in [6, 6.07) is 7.21. The number of rotatable bonds is 6. The van der Waals surface area contributed by atoms with Crippen molar-refractivity contribution in [2.24, 2.45) is 0 Å². The summed E-state index contributed by atoms with van der Waals surface area (Å²) in [5, 5.41) is 18.6. The third-order valence-corrected chi connectivity index (χ3v) is 2.63. The van der Waals surface area contributed by atoms with Crippen LogP contribution < -0.4 is 5.32 Å². The first-order valence-electron chi connectivity index (χ1n) is 6.10. The second-order valence-electron chi connectivity index (χ2n) is 4.24. The number of nitrogens with zero attached hydrogens (tertiary/aromatic N) is 3. The van der Waals surface area contributed by atoms with Crippen LogP contribution in [0, 0.1) is 0 Å². The topological polar surface area (TPSA) is 106 Å². The van der Waals surface area contributed by atoms with Gasteiger partial charge in [-0.05, 0) is 6.07 Å². The van der Waals surface area contributed by atoms with Gasteiger partial charge in [0.15, 0.2) is 5.69 Å². The van der Waals surface area contributed by atoms with Crippen molar-refractivity contribution in [1.29, 1.82) is 0 Å². The molecule has 0 fully saturated rings. The molecule has 1 aromatic carbocycles. The Labute approximate surface area is 120 Å². The molecule has 0 aliphatic rings. The normalized spacial score (nSPS) is 10.3. The van der Waals surface area contributed by atoms with Crippen LogP contribution in [0.5, 0.6) is 0 Å². The minimum absolute atomic E-state index is 0.0449. The van der Waals surface area contributed by atoms with Crippen LogP contribution in [0.4, 0.5) is 5.69 Å². The van der Waals surface area contributed by atoms with Crippen molar-refractivity contribution < 1.29 is 19.4 Å². The molecule has 0 atom stereocenters. The van der Waals surface area contributed by atoms with Gasteiger partial charge < -0.3 is 15.2 Å². The third kappa shape index (κ3) is 3.86. The molecule has 0 unspecified atom stereocenters. The molecule has 1 aromatic heterocycles. The molecule has 1 amide bonds. The predicted octanol–water partition coefficient (Wildman–Crippen LogP) is 0.761. The molecule has 8 heteroatoms. The summed E-state index contributed by atoms with van der Waals surface area (Å²) in [5.74, 6) is -1.52. The Morgan fingerprint density at radius 2 is 2.14 bits per heavy atom. The summed E-state index contributed by atoms with van der Waals surface area (Å²) in [6.07, 6.45) is 1.28. The highest BCUT2D eigenvalue weighted by Gasteiger charge is 2.13. The van der Waals surface area contributed by atoms with Crippen molar-refractivity contribution in [3.63, 3.8) is 0 Å². The molecule has 0 aliphatic carbocycles. The average molecular weight is 290 g/mol. The van der Waals surface area contributed by atoms with Gasteiger partial charge in [-0.15, -0.1) is 5.10 Å². The lowest BCUT2D eigenvalue weighted by Crippen LogP contribution is -2.14.